The molecule has 0 aliphatic heterocycles. The summed E-state index contributed by atoms with van der Waals surface area (Å²) < 4.78 is 6.66. The van der Waals surface area contributed by atoms with Gasteiger partial charge >= 0.3 is 5.97 Å². The monoisotopic (exact) mass is 390 g/mol. The fourth-order valence-electron chi connectivity index (χ4n) is 2.54. The first-order valence-corrected chi connectivity index (χ1v) is 8.77. The molecule has 0 saturated heterocycles. The van der Waals surface area contributed by atoms with E-state index in [0.717, 1.165) is 5.56 Å². The van der Waals surface area contributed by atoms with Crippen molar-refractivity contribution >= 4 is 34.8 Å². The fraction of sp³-hybridized carbons (Fsp3) is 0.211. The van der Waals surface area contributed by atoms with Crippen molar-refractivity contribution in [1.29, 1.82) is 0 Å². The topological polar surface area (TPSA) is 60.7 Å². The summed E-state index contributed by atoms with van der Waals surface area (Å²) in [6.07, 6.45) is 2.04. The number of carbonyl (C=O) groups excluding carboxylic acids is 1. The maximum absolute atomic E-state index is 12.2. The normalized spacial score (nSPS) is 12.1. The molecule has 134 valence electrons. The predicted molar refractivity (Wildman–Crippen MR) is 101 cm³/mol. The van der Waals surface area contributed by atoms with Crippen molar-refractivity contribution in [2.24, 2.45) is 5.92 Å². The Labute approximate surface area is 160 Å². The van der Waals surface area contributed by atoms with Gasteiger partial charge in [0.1, 0.15) is 12.3 Å². The molecule has 0 aliphatic rings. The quantitative estimate of drug-likeness (QED) is 0.619. The van der Waals surface area contributed by atoms with Crippen LogP contribution in [0, 0.1) is 5.92 Å². The number of hydrogen-bond acceptors (Lipinski definition) is 4. The van der Waals surface area contributed by atoms with Crippen molar-refractivity contribution in [3.05, 3.63) is 80.3 Å². The van der Waals surface area contributed by atoms with Crippen LogP contribution in [0.1, 0.15) is 18.2 Å². The minimum absolute atomic E-state index is 0.0574. The van der Waals surface area contributed by atoms with Gasteiger partial charge in [0.25, 0.3) is 5.56 Å². The molecule has 0 spiro atoms. The zero-order chi connectivity index (χ0) is 18.7. The summed E-state index contributed by atoms with van der Waals surface area (Å²) in [5.74, 6) is -0.672. The van der Waals surface area contributed by atoms with Crippen LogP contribution >= 0.6 is 23.2 Å². The number of ether oxygens (including phenoxy) is 1. The standard InChI is InChI=1S/C19H16Cl2N2O3/c1-12(8-13-2-4-14(20)5-3-13)19(25)26-11-16-9-18(24)23-10-15(21)6-7-17(23)22-16/h2-7,9-10,12H,8,11H2,1H3. The maximum Gasteiger partial charge on any atom is 0.309 e. The van der Waals surface area contributed by atoms with Gasteiger partial charge in [-0.25, -0.2) is 4.98 Å². The number of esters is 1. The lowest BCUT2D eigenvalue weighted by atomic mass is 10.0. The number of rotatable bonds is 5. The second-order valence-electron chi connectivity index (χ2n) is 6.00. The largest absolute Gasteiger partial charge is 0.459 e. The predicted octanol–water partition coefficient (Wildman–Crippen LogP) is 3.92. The molecule has 0 radical (unpaired) electrons. The van der Waals surface area contributed by atoms with Crippen LogP contribution in [0.4, 0.5) is 0 Å². The molecule has 0 saturated carbocycles. The van der Waals surface area contributed by atoms with Gasteiger partial charge in [0.2, 0.25) is 0 Å². The number of nitrogens with zero attached hydrogens (tertiary/aromatic N) is 2. The van der Waals surface area contributed by atoms with Gasteiger partial charge in [0.05, 0.1) is 16.6 Å². The zero-order valence-electron chi connectivity index (χ0n) is 14.0. The highest BCUT2D eigenvalue weighted by atomic mass is 35.5. The average molecular weight is 391 g/mol. The van der Waals surface area contributed by atoms with E-state index >= 15 is 0 Å². The van der Waals surface area contributed by atoms with Gasteiger partial charge in [-0.15, -0.1) is 0 Å². The highest BCUT2D eigenvalue weighted by Crippen LogP contribution is 2.15. The van der Waals surface area contributed by atoms with Gasteiger partial charge in [0, 0.05) is 17.3 Å². The van der Waals surface area contributed by atoms with Crippen molar-refractivity contribution in [3.63, 3.8) is 0 Å². The SMILES string of the molecule is CC(Cc1ccc(Cl)cc1)C(=O)OCc1cc(=O)n2cc(Cl)ccc2n1. The molecular formula is C19H16Cl2N2O3. The van der Waals surface area contributed by atoms with Gasteiger partial charge in [-0.05, 0) is 36.2 Å². The molecule has 5 nitrogen and oxygen atoms in total. The molecule has 0 aliphatic carbocycles. The first-order chi connectivity index (χ1) is 12.4. The van der Waals surface area contributed by atoms with Crippen molar-refractivity contribution < 1.29 is 9.53 Å². The van der Waals surface area contributed by atoms with E-state index in [2.05, 4.69) is 4.98 Å². The van der Waals surface area contributed by atoms with Gasteiger partial charge < -0.3 is 4.74 Å². The lowest BCUT2D eigenvalue weighted by Crippen LogP contribution is -2.19. The second-order valence-corrected chi connectivity index (χ2v) is 6.87. The third-order valence-corrected chi connectivity index (χ3v) is 4.37. The van der Waals surface area contributed by atoms with Gasteiger partial charge in [-0.1, -0.05) is 42.3 Å². The number of halogens is 2. The molecule has 3 aromatic rings. The average Bonchev–Trinajstić information content (AvgIpc) is 2.62. The molecule has 1 unspecified atom stereocenters. The Kier molecular flexibility index (Phi) is 5.59. The lowest BCUT2D eigenvalue weighted by molar-refractivity contribution is -0.149. The summed E-state index contributed by atoms with van der Waals surface area (Å²) in [4.78, 5) is 28.6. The van der Waals surface area contributed by atoms with E-state index in [1.54, 1.807) is 31.2 Å². The summed E-state index contributed by atoms with van der Waals surface area (Å²) in [6.45, 7) is 1.74. The summed E-state index contributed by atoms with van der Waals surface area (Å²) in [7, 11) is 0. The molecule has 1 atom stereocenters. The Balaban J connectivity index is 1.65. The molecule has 0 amide bonds. The first kappa shape index (κ1) is 18.4. The van der Waals surface area contributed by atoms with E-state index in [-0.39, 0.29) is 24.1 Å². The molecular weight excluding hydrogens is 375 g/mol. The highest BCUT2D eigenvalue weighted by Gasteiger charge is 2.16. The molecule has 2 heterocycles. The van der Waals surface area contributed by atoms with Crippen molar-refractivity contribution in [1.82, 2.24) is 9.38 Å². The Morgan fingerprint density at radius 1 is 1.15 bits per heavy atom. The van der Waals surface area contributed by atoms with Crippen molar-refractivity contribution in [2.45, 2.75) is 20.0 Å². The van der Waals surface area contributed by atoms with E-state index in [0.29, 0.717) is 27.8 Å². The molecule has 3 rings (SSSR count). The molecule has 0 fully saturated rings. The van der Waals surface area contributed by atoms with E-state index in [1.807, 2.05) is 12.1 Å². The number of carbonyl (C=O) groups is 1. The van der Waals surface area contributed by atoms with Crippen molar-refractivity contribution in [3.8, 4) is 0 Å². The van der Waals surface area contributed by atoms with Gasteiger partial charge in [-0.3, -0.25) is 14.0 Å². The lowest BCUT2D eigenvalue weighted by Gasteiger charge is -2.12. The second kappa shape index (κ2) is 7.89. The Morgan fingerprint density at radius 3 is 2.58 bits per heavy atom. The molecule has 0 N–H and O–H groups in total. The summed E-state index contributed by atoms with van der Waals surface area (Å²) in [6, 6.07) is 11.9. The van der Waals surface area contributed by atoms with Crippen LogP contribution in [-0.4, -0.2) is 15.4 Å². The van der Waals surface area contributed by atoms with E-state index < -0.39 is 0 Å². The number of aromatic nitrogens is 2. The summed E-state index contributed by atoms with van der Waals surface area (Å²) in [5.41, 5.74) is 1.56. The minimum atomic E-state index is -0.349. The number of pyridine rings is 1. The van der Waals surface area contributed by atoms with Gasteiger partial charge in [0.15, 0.2) is 0 Å². The van der Waals surface area contributed by atoms with E-state index in [1.165, 1.54) is 16.7 Å². The number of hydrogen-bond donors (Lipinski definition) is 0. The van der Waals surface area contributed by atoms with E-state index in [4.69, 9.17) is 27.9 Å². The minimum Gasteiger partial charge on any atom is -0.459 e. The third-order valence-electron chi connectivity index (χ3n) is 3.90. The molecule has 2 aromatic heterocycles. The Bertz CT molecular complexity index is 1000. The van der Waals surface area contributed by atoms with Crippen LogP contribution in [0.2, 0.25) is 10.0 Å². The molecule has 1 aromatic carbocycles. The zero-order valence-corrected chi connectivity index (χ0v) is 15.5. The van der Waals surface area contributed by atoms with Crippen LogP contribution in [0.5, 0.6) is 0 Å². The third kappa shape index (κ3) is 4.42. The first-order valence-electron chi connectivity index (χ1n) is 8.01. The molecule has 0 bridgehead atoms. The van der Waals surface area contributed by atoms with E-state index in [9.17, 15) is 9.59 Å². The van der Waals surface area contributed by atoms with Crippen LogP contribution in [0.15, 0.2) is 53.5 Å². The molecule has 26 heavy (non-hydrogen) atoms. The smallest absolute Gasteiger partial charge is 0.309 e. The van der Waals surface area contributed by atoms with Gasteiger partial charge in [-0.2, -0.15) is 0 Å². The van der Waals surface area contributed by atoms with Crippen LogP contribution < -0.4 is 5.56 Å². The Hall–Kier alpha value is -2.37. The summed E-state index contributed by atoms with van der Waals surface area (Å²) in [5, 5.41) is 1.09. The highest BCUT2D eigenvalue weighted by molar-refractivity contribution is 6.30. The number of benzene rings is 1. The summed E-state index contributed by atoms with van der Waals surface area (Å²) >= 11 is 11.7. The van der Waals surface area contributed by atoms with Crippen LogP contribution in [0.25, 0.3) is 5.65 Å². The number of fused-ring (bicyclic) bond motifs is 1. The fourth-order valence-corrected chi connectivity index (χ4v) is 2.83. The van der Waals surface area contributed by atoms with Crippen LogP contribution in [-0.2, 0) is 22.6 Å². The maximum atomic E-state index is 12.2. The molecule has 7 heteroatoms. The van der Waals surface area contributed by atoms with Crippen molar-refractivity contribution in [2.75, 3.05) is 0 Å². The Morgan fingerprint density at radius 2 is 1.85 bits per heavy atom. The van der Waals surface area contributed by atoms with Crippen LogP contribution in [0.3, 0.4) is 0 Å².